The molecule has 30 heavy (non-hydrogen) atoms. The fourth-order valence-electron chi connectivity index (χ4n) is 3.48. The molecule has 1 heterocycles. The van der Waals surface area contributed by atoms with Gasteiger partial charge >= 0.3 is 0 Å². The first-order chi connectivity index (χ1) is 14.5. The minimum Gasteiger partial charge on any atom is -0.497 e. The van der Waals surface area contributed by atoms with E-state index in [-0.39, 0.29) is 11.3 Å². The second-order valence-corrected chi connectivity index (χ2v) is 7.20. The van der Waals surface area contributed by atoms with Crippen LogP contribution in [0.2, 0.25) is 5.02 Å². The third-order valence-electron chi connectivity index (χ3n) is 5.04. The van der Waals surface area contributed by atoms with Gasteiger partial charge in [-0.3, -0.25) is 9.59 Å². The number of aryl methyl sites for hydroxylation is 1. The maximum atomic E-state index is 13.4. The Hall–Kier alpha value is -3.57. The highest BCUT2D eigenvalue weighted by molar-refractivity contribution is 6.34. The van der Waals surface area contributed by atoms with E-state index in [4.69, 9.17) is 16.3 Å². The van der Waals surface area contributed by atoms with Crippen molar-refractivity contribution in [1.82, 2.24) is 4.57 Å². The lowest BCUT2D eigenvalue weighted by Gasteiger charge is -2.18. The number of amides is 1. The first-order valence-corrected chi connectivity index (χ1v) is 9.71. The predicted octanol–water partition coefficient (Wildman–Crippen LogP) is 5.12. The molecule has 1 N–H and O–H groups in total. The Balaban J connectivity index is 1.94. The smallest absolute Gasteiger partial charge is 0.258 e. The number of para-hydroxylation sites is 1. The third-order valence-corrected chi connectivity index (χ3v) is 5.37. The topological polar surface area (TPSA) is 60.3 Å². The normalized spacial score (nSPS) is 10.8. The number of hydrogen-bond donors (Lipinski definition) is 1. The maximum Gasteiger partial charge on any atom is 0.258 e. The van der Waals surface area contributed by atoms with Crippen LogP contribution in [-0.4, -0.2) is 17.6 Å². The summed E-state index contributed by atoms with van der Waals surface area (Å²) in [5.41, 5.74) is 1.97. The fraction of sp³-hybridized carbons (Fsp3) is 0.0833. The van der Waals surface area contributed by atoms with E-state index in [9.17, 15) is 9.59 Å². The molecule has 1 aromatic heterocycles. The molecule has 6 heteroatoms. The molecular weight excluding hydrogens is 400 g/mol. The van der Waals surface area contributed by atoms with Crippen LogP contribution in [0.1, 0.15) is 10.4 Å². The van der Waals surface area contributed by atoms with Crippen LogP contribution in [0.4, 0.5) is 5.82 Å². The van der Waals surface area contributed by atoms with Crippen LogP contribution in [0, 0.1) is 0 Å². The summed E-state index contributed by atoms with van der Waals surface area (Å²) in [5.74, 6) is 0.687. The second-order valence-electron chi connectivity index (χ2n) is 6.79. The molecule has 1 amide bonds. The van der Waals surface area contributed by atoms with Gasteiger partial charge in [0, 0.05) is 12.4 Å². The first-order valence-electron chi connectivity index (χ1n) is 9.33. The van der Waals surface area contributed by atoms with Gasteiger partial charge in [-0.2, -0.15) is 0 Å². The van der Waals surface area contributed by atoms with Crippen molar-refractivity contribution in [3.05, 3.63) is 93.6 Å². The molecule has 3 aromatic carbocycles. The van der Waals surface area contributed by atoms with E-state index in [1.807, 2.05) is 29.8 Å². The Kier molecular flexibility index (Phi) is 5.29. The summed E-state index contributed by atoms with van der Waals surface area (Å²) in [7, 11) is 3.40. The second kappa shape index (κ2) is 8.05. The van der Waals surface area contributed by atoms with Crippen molar-refractivity contribution in [2.75, 3.05) is 12.4 Å². The number of fused-ring (bicyclic) bond motifs is 1. The van der Waals surface area contributed by atoms with Gasteiger partial charge in [-0.1, -0.05) is 48.0 Å². The van der Waals surface area contributed by atoms with Crippen molar-refractivity contribution in [3.63, 3.8) is 0 Å². The molecule has 0 aliphatic carbocycles. The van der Waals surface area contributed by atoms with Gasteiger partial charge in [-0.05, 0) is 42.0 Å². The minimum absolute atomic E-state index is 0.164. The van der Waals surface area contributed by atoms with Crippen LogP contribution in [0.25, 0.3) is 22.0 Å². The Morgan fingerprint density at radius 1 is 0.967 bits per heavy atom. The van der Waals surface area contributed by atoms with E-state index in [0.717, 1.165) is 0 Å². The van der Waals surface area contributed by atoms with E-state index in [1.165, 1.54) is 0 Å². The summed E-state index contributed by atoms with van der Waals surface area (Å²) in [6.07, 6.45) is 0. The van der Waals surface area contributed by atoms with Gasteiger partial charge in [-0.25, -0.2) is 0 Å². The van der Waals surface area contributed by atoms with E-state index in [2.05, 4.69) is 5.32 Å². The molecule has 4 aromatic rings. The van der Waals surface area contributed by atoms with Gasteiger partial charge in [0.2, 0.25) is 0 Å². The quantitative estimate of drug-likeness (QED) is 0.500. The molecule has 0 spiro atoms. The van der Waals surface area contributed by atoms with Gasteiger partial charge in [0.1, 0.15) is 11.6 Å². The molecule has 5 nitrogen and oxygen atoms in total. The van der Waals surface area contributed by atoms with Gasteiger partial charge in [0.15, 0.2) is 5.43 Å². The molecule has 0 unspecified atom stereocenters. The number of aromatic nitrogens is 1. The zero-order chi connectivity index (χ0) is 21.3. The maximum absolute atomic E-state index is 13.4. The summed E-state index contributed by atoms with van der Waals surface area (Å²) in [6, 6.07) is 21.3. The highest BCUT2D eigenvalue weighted by atomic mass is 35.5. The molecule has 0 aliphatic heterocycles. The van der Waals surface area contributed by atoms with E-state index < -0.39 is 0 Å². The van der Waals surface area contributed by atoms with Gasteiger partial charge in [0.05, 0.1) is 28.8 Å². The van der Waals surface area contributed by atoms with Gasteiger partial charge < -0.3 is 14.6 Å². The van der Waals surface area contributed by atoms with Crippen LogP contribution in [0.15, 0.2) is 77.6 Å². The average molecular weight is 419 g/mol. The van der Waals surface area contributed by atoms with Crippen molar-refractivity contribution in [2.24, 2.45) is 7.05 Å². The van der Waals surface area contributed by atoms with E-state index in [0.29, 0.717) is 44.2 Å². The standard InChI is InChI=1S/C24H19ClN2O3/c1-27-20-10-6-4-8-18(20)22(28)21(15-11-13-16(30-2)14-12-15)23(27)26-24(29)17-7-3-5-9-19(17)25/h3-14H,1-2H3,(H,26,29). The molecule has 150 valence electrons. The molecule has 4 rings (SSSR count). The van der Waals surface area contributed by atoms with Gasteiger partial charge in [-0.15, -0.1) is 0 Å². The largest absolute Gasteiger partial charge is 0.497 e. The van der Waals surface area contributed by atoms with Crippen LogP contribution in [0.3, 0.4) is 0 Å². The fourth-order valence-corrected chi connectivity index (χ4v) is 3.70. The number of nitrogens with zero attached hydrogens (tertiary/aromatic N) is 1. The zero-order valence-electron chi connectivity index (χ0n) is 16.5. The number of benzene rings is 3. The number of ether oxygens (including phenoxy) is 1. The molecular formula is C24H19ClN2O3. The number of anilines is 1. The molecule has 0 saturated carbocycles. The van der Waals surface area contributed by atoms with Crippen LogP contribution in [-0.2, 0) is 7.05 Å². The molecule has 0 atom stereocenters. The number of halogens is 1. The number of carbonyl (C=O) groups excluding carboxylic acids is 1. The van der Waals surface area contributed by atoms with Crippen LogP contribution >= 0.6 is 11.6 Å². The van der Waals surface area contributed by atoms with Crippen molar-refractivity contribution in [3.8, 4) is 16.9 Å². The summed E-state index contributed by atoms with van der Waals surface area (Å²) in [4.78, 5) is 26.4. The summed E-state index contributed by atoms with van der Waals surface area (Å²) in [5, 5.41) is 3.81. The SMILES string of the molecule is COc1ccc(-c2c(NC(=O)c3ccccc3Cl)n(C)c3ccccc3c2=O)cc1. The van der Waals surface area contributed by atoms with Crippen LogP contribution < -0.4 is 15.5 Å². The Labute approximate surface area is 178 Å². The van der Waals surface area contributed by atoms with Gasteiger partial charge in [0.25, 0.3) is 5.91 Å². The van der Waals surface area contributed by atoms with Crippen molar-refractivity contribution < 1.29 is 9.53 Å². The third kappa shape index (κ3) is 3.44. The molecule has 0 radical (unpaired) electrons. The number of methoxy groups -OCH3 is 1. The minimum atomic E-state index is -0.388. The zero-order valence-corrected chi connectivity index (χ0v) is 17.2. The van der Waals surface area contributed by atoms with Crippen LogP contribution in [0.5, 0.6) is 5.75 Å². The lowest BCUT2D eigenvalue weighted by Crippen LogP contribution is -2.21. The van der Waals surface area contributed by atoms with E-state index >= 15 is 0 Å². The number of pyridine rings is 1. The predicted molar refractivity (Wildman–Crippen MR) is 121 cm³/mol. The van der Waals surface area contributed by atoms with Crippen molar-refractivity contribution in [2.45, 2.75) is 0 Å². The Morgan fingerprint density at radius 2 is 1.63 bits per heavy atom. The highest BCUT2D eigenvalue weighted by Gasteiger charge is 2.20. The highest BCUT2D eigenvalue weighted by Crippen LogP contribution is 2.30. The molecule has 0 saturated heterocycles. The Bertz CT molecular complexity index is 1310. The number of hydrogen-bond acceptors (Lipinski definition) is 3. The van der Waals surface area contributed by atoms with Crippen molar-refractivity contribution >= 4 is 34.2 Å². The summed E-state index contributed by atoms with van der Waals surface area (Å²) >= 11 is 6.20. The van der Waals surface area contributed by atoms with Crippen molar-refractivity contribution in [1.29, 1.82) is 0 Å². The van der Waals surface area contributed by atoms with E-state index in [1.54, 1.807) is 61.7 Å². The lowest BCUT2D eigenvalue weighted by molar-refractivity contribution is 0.102. The number of carbonyl (C=O) groups is 1. The lowest BCUT2D eigenvalue weighted by atomic mass is 10.0. The summed E-state index contributed by atoms with van der Waals surface area (Å²) in [6.45, 7) is 0. The molecule has 0 aliphatic rings. The molecule has 0 bridgehead atoms. The number of nitrogens with one attached hydrogen (secondary N) is 1. The average Bonchev–Trinajstić information content (AvgIpc) is 2.78. The monoisotopic (exact) mass is 418 g/mol. The first kappa shape index (κ1) is 19.7. The molecule has 0 fully saturated rings. The summed E-state index contributed by atoms with van der Waals surface area (Å²) < 4.78 is 7.04. The Morgan fingerprint density at radius 3 is 2.33 bits per heavy atom. The number of rotatable bonds is 4.